The highest BCUT2D eigenvalue weighted by Crippen LogP contribution is 2.29. The number of nitrogens with one attached hydrogen (secondary N) is 1. The fourth-order valence-electron chi connectivity index (χ4n) is 4.82. The molecule has 0 spiro atoms. The lowest BCUT2D eigenvalue weighted by atomic mass is 10.1. The van der Waals surface area contributed by atoms with Crippen LogP contribution in [0.5, 0.6) is 5.75 Å². The highest BCUT2D eigenvalue weighted by Gasteiger charge is 2.45. The zero-order valence-corrected chi connectivity index (χ0v) is 21.4. The third-order valence-corrected chi connectivity index (χ3v) is 7.55. The topological polar surface area (TPSA) is 82.2 Å². The minimum absolute atomic E-state index is 0.0108. The van der Waals surface area contributed by atoms with Crippen LogP contribution < -0.4 is 10.1 Å². The largest absolute Gasteiger partial charge is 0.497 e. The number of piperazine rings is 1. The first kappa shape index (κ1) is 25.2. The van der Waals surface area contributed by atoms with Gasteiger partial charge in [0.15, 0.2) is 0 Å². The number of hydrogen-bond donors (Lipinski definition) is 1. The van der Waals surface area contributed by atoms with Gasteiger partial charge in [-0.05, 0) is 35.6 Å². The summed E-state index contributed by atoms with van der Waals surface area (Å²) in [5.41, 5.74) is 0.950. The number of methoxy groups -OCH3 is 1. The van der Waals surface area contributed by atoms with Gasteiger partial charge in [-0.3, -0.25) is 14.4 Å². The maximum atomic E-state index is 13.6. The molecule has 0 bridgehead atoms. The quantitative estimate of drug-likeness (QED) is 0.634. The number of rotatable bonds is 7. The van der Waals surface area contributed by atoms with Crippen molar-refractivity contribution in [2.75, 3.05) is 39.8 Å². The predicted molar refractivity (Wildman–Crippen MR) is 135 cm³/mol. The summed E-state index contributed by atoms with van der Waals surface area (Å²) in [6, 6.07) is 10.5. The third kappa shape index (κ3) is 5.67. The van der Waals surface area contributed by atoms with E-state index in [1.54, 1.807) is 18.1 Å². The Balaban J connectivity index is 1.62. The lowest BCUT2D eigenvalue weighted by Gasteiger charge is -2.32. The highest BCUT2D eigenvalue weighted by molar-refractivity contribution is 7.12. The van der Waals surface area contributed by atoms with Crippen molar-refractivity contribution in [3.05, 3.63) is 52.2 Å². The first-order valence-corrected chi connectivity index (χ1v) is 13.0. The molecule has 0 radical (unpaired) electrons. The molecule has 1 aromatic carbocycles. The molecule has 35 heavy (non-hydrogen) atoms. The Kier molecular flexibility index (Phi) is 8.07. The Morgan fingerprint density at radius 1 is 1.17 bits per heavy atom. The van der Waals surface area contributed by atoms with Crippen molar-refractivity contribution in [1.29, 1.82) is 0 Å². The summed E-state index contributed by atoms with van der Waals surface area (Å²) in [7, 11) is 1.62. The second-order valence-corrected chi connectivity index (χ2v) is 10.3. The van der Waals surface area contributed by atoms with Gasteiger partial charge in [0.25, 0.3) is 5.91 Å². The molecule has 188 valence electrons. The number of thiophene rings is 1. The number of likely N-dealkylation sites (tertiary alicyclic amines) is 1. The number of carbonyl (C=O) groups is 3. The van der Waals surface area contributed by atoms with Crippen LogP contribution in [0.3, 0.4) is 0 Å². The zero-order chi connectivity index (χ0) is 24.9. The summed E-state index contributed by atoms with van der Waals surface area (Å²) < 4.78 is 5.36. The van der Waals surface area contributed by atoms with Gasteiger partial charge in [0.05, 0.1) is 18.0 Å². The van der Waals surface area contributed by atoms with E-state index < -0.39 is 6.04 Å². The Bertz CT molecular complexity index is 1040. The van der Waals surface area contributed by atoms with E-state index in [1.807, 2.05) is 59.4 Å². The minimum Gasteiger partial charge on any atom is -0.497 e. The first-order chi connectivity index (χ1) is 16.9. The Morgan fingerprint density at radius 2 is 1.94 bits per heavy atom. The molecule has 3 heterocycles. The van der Waals surface area contributed by atoms with E-state index >= 15 is 0 Å². The number of ether oxygens (including phenoxy) is 1. The number of hydrogen-bond acceptors (Lipinski definition) is 6. The third-order valence-electron chi connectivity index (χ3n) is 6.69. The van der Waals surface area contributed by atoms with Crippen LogP contribution in [0.4, 0.5) is 0 Å². The summed E-state index contributed by atoms with van der Waals surface area (Å²) in [6.45, 7) is 7.24. The molecule has 2 aliphatic heterocycles. The van der Waals surface area contributed by atoms with Crippen LogP contribution in [-0.4, -0.2) is 84.3 Å². The molecule has 8 nitrogen and oxygen atoms in total. The molecule has 2 fully saturated rings. The molecule has 1 N–H and O–H groups in total. The second kappa shape index (κ2) is 11.2. The normalized spacial score (nSPS) is 20.2. The average Bonchev–Trinajstić information content (AvgIpc) is 3.57. The zero-order valence-electron chi connectivity index (χ0n) is 20.6. The van der Waals surface area contributed by atoms with E-state index in [0.717, 1.165) is 24.4 Å². The van der Waals surface area contributed by atoms with Gasteiger partial charge in [0.1, 0.15) is 11.8 Å². The molecule has 0 saturated carbocycles. The fourth-order valence-corrected chi connectivity index (χ4v) is 5.50. The van der Waals surface area contributed by atoms with Gasteiger partial charge in [0.2, 0.25) is 11.8 Å². The van der Waals surface area contributed by atoms with Crippen LogP contribution >= 0.6 is 11.3 Å². The summed E-state index contributed by atoms with van der Waals surface area (Å²) in [5.74, 6) is 0.361. The number of amides is 3. The maximum absolute atomic E-state index is 13.6. The smallest absolute Gasteiger partial charge is 0.264 e. The lowest BCUT2D eigenvalue weighted by molar-refractivity contribution is -0.138. The van der Waals surface area contributed by atoms with Gasteiger partial charge in [-0.25, -0.2) is 0 Å². The molecular formula is C26H34N4O4S. The van der Waals surface area contributed by atoms with Gasteiger partial charge < -0.3 is 24.8 Å². The van der Waals surface area contributed by atoms with E-state index in [1.165, 1.54) is 11.3 Å². The lowest BCUT2D eigenvalue weighted by Crippen LogP contribution is -2.53. The summed E-state index contributed by atoms with van der Waals surface area (Å²) in [5, 5.41) is 5.14. The van der Waals surface area contributed by atoms with Gasteiger partial charge in [-0.2, -0.15) is 0 Å². The van der Waals surface area contributed by atoms with Crippen molar-refractivity contribution < 1.29 is 19.1 Å². The van der Waals surface area contributed by atoms with Crippen molar-refractivity contribution >= 4 is 29.1 Å². The van der Waals surface area contributed by atoms with E-state index in [9.17, 15) is 14.4 Å². The minimum atomic E-state index is -0.583. The van der Waals surface area contributed by atoms with Crippen LogP contribution in [-0.2, 0) is 16.1 Å². The molecule has 3 amide bonds. The van der Waals surface area contributed by atoms with E-state index in [2.05, 4.69) is 5.32 Å². The van der Waals surface area contributed by atoms with E-state index in [0.29, 0.717) is 37.5 Å². The average molecular weight is 499 g/mol. The Labute approximate surface area is 210 Å². The molecule has 2 aromatic rings. The van der Waals surface area contributed by atoms with Gasteiger partial charge in [-0.1, -0.05) is 32.0 Å². The van der Waals surface area contributed by atoms with E-state index in [4.69, 9.17) is 4.74 Å². The number of carbonyl (C=O) groups excluding carboxylic acids is 3. The van der Waals surface area contributed by atoms with Crippen molar-refractivity contribution in [2.45, 2.75) is 38.9 Å². The van der Waals surface area contributed by atoms with Crippen LogP contribution in [0.1, 0.15) is 35.5 Å². The Morgan fingerprint density at radius 3 is 2.60 bits per heavy atom. The summed E-state index contributed by atoms with van der Waals surface area (Å²) in [6.07, 6.45) is 0.433. The molecule has 0 aliphatic carbocycles. The van der Waals surface area contributed by atoms with Gasteiger partial charge >= 0.3 is 0 Å². The molecule has 2 atom stereocenters. The number of benzene rings is 1. The van der Waals surface area contributed by atoms with Crippen LogP contribution in [0, 0.1) is 5.92 Å². The van der Waals surface area contributed by atoms with Crippen LogP contribution in [0.15, 0.2) is 41.8 Å². The van der Waals surface area contributed by atoms with Gasteiger partial charge in [0, 0.05) is 45.2 Å². The summed E-state index contributed by atoms with van der Waals surface area (Å²) >= 11 is 1.37. The predicted octanol–water partition coefficient (Wildman–Crippen LogP) is 2.46. The SMILES string of the molecule is COc1cccc(CN(C(=O)C(C)C)C2CC(C(=O)N3CCNCC3)N(C(=O)c3cccs3)C2)c1. The molecule has 1 aromatic heterocycles. The standard InChI is InChI=1S/C26H34N4O4S/c1-18(2)24(31)29(16-19-6-4-7-21(14-19)34-3)20-15-22(25(32)28-11-9-27-10-12-28)30(17-20)26(33)23-8-5-13-35-23/h4-8,13-14,18,20,22,27H,9-12,15-17H2,1-3H3. The molecule has 9 heteroatoms. The van der Waals surface area contributed by atoms with Crippen LogP contribution in [0.2, 0.25) is 0 Å². The molecule has 2 aliphatic rings. The van der Waals surface area contributed by atoms with Crippen molar-refractivity contribution in [1.82, 2.24) is 20.0 Å². The van der Waals surface area contributed by atoms with Crippen molar-refractivity contribution in [3.63, 3.8) is 0 Å². The summed E-state index contributed by atoms with van der Waals surface area (Å²) in [4.78, 5) is 46.4. The number of nitrogens with zero attached hydrogens (tertiary/aromatic N) is 3. The first-order valence-electron chi connectivity index (χ1n) is 12.2. The fraction of sp³-hybridized carbons (Fsp3) is 0.500. The maximum Gasteiger partial charge on any atom is 0.264 e. The molecule has 4 rings (SSSR count). The molecule has 2 unspecified atom stereocenters. The highest BCUT2D eigenvalue weighted by atomic mass is 32.1. The Hall–Kier alpha value is -2.91. The van der Waals surface area contributed by atoms with E-state index in [-0.39, 0.29) is 29.7 Å². The van der Waals surface area contributed by atoms with Crippen LogP contribution in [0.25, 0.3) is 0 Å². The van der Waals surface area contributed by atoms with Crippen molar-refractivity contribution in [2.24, 2.45) is 5.92 Å². The molecular weight excluding hydrogens is 464 g/mol. The molecule has 2 saturated heterocycles. The monoisotopic (exact) mass is 498 g/mol. The van der Waals surface area contributed by atoms with Crippen molar-refractivity contribution in [3.8, 4) is 5.75 Å². The second-order valence-electron chi connectivity index (χ2n) is 9.39. The van der Waals surface area contributed by atoms with Gasteiger partial charge in [-0.15, -0.1) is 11.3 Å².